The molecule has 0 radical (unpaired) electrons. The van der Waals surface area contributed by atoms with Crippen molar-refractivity contribution in [2.24, 2.45) is 0 Å². The number of benzene rings is 2. The molecule has 2 nitrogen and oxygen atoms in total. The van der Waals surface area contributed by atoms with Gasteiger partial charge in [0.2, 0.25) is 0 Å². The van der Waals surface area contributed by atoms with E-state index in [-0.39, 0.29) is 5.82 Å². The fraction of sp³-hybridized carbons (Fsp3) is 0.294. The van der Waals surface area contributed by atoms with E-state index in [4.69, 9.17) is 0 Å². The molecule has 1 aliphatic heterocycles. The molecular formula is C17H18F2N2. The predicted molar refractivity (Wildman–Crippen MR) is 80.3 cm³/mol. The molecule has 0 unspecified atom stereocenters. The van der Waals surface area contributed by atoms with Gasteiger partial charge in [-0.1, -0.05) is 30.3 Å². The van der Waals surface area contributed by atoms with Crippen LogP contribution < -0.4 is 4.90 Å². The number of rotatable bonds is 3. The average Bonchev–Trinajstić information content (AvgIpc) is 2.52. The molecule has 110 valence electrons. The van der Waals surface area contributed by atoms with Gasteiger partial charge in [0.15, 0.2) is 0 Å². The monoisotopic (exact) mass is 288 g/mol. The minimum Gasteiger partial charge on any atom is -0.367 e. The zero-order chi connectivity index (χ0) is 14.7. The molecular weight excluding hydrogens is 270 g/mol. The molecule has 1 saturated heterocycles. The Kier molecular flexibility index (Phi) is 4.15. The molecule has 2 aromatic carbocycles. The van der Waals surface area contributed by atoms with E-state index in [0.717, 1.165) is 25.7 Å². The van der Waals surface area contributed by atoms with Gasteiger partial charge in [-0.25, -0.2) is 8.78 Å². The first-order chi connectivity index (χ1) is 10.2. The van der Waals surface area contributed by atoms with E-state index in [2.05, 4.69) is 17.0 Å². The molecule has 0 aromatic heterocycles. The minimum absolute atomic E-state index is 0.354. The van der Waals surface area contributed by atoms with Gasteiger partial charge in [-0.3, -0.25) is 4.90 Å². The van der Waals surface area contributed by atoms with Crippen molar-refractivity contribution in [3.05, 3.63) is 65.7 Å². The van der Waals surface area contributed by atoms with E-state index in [1.807, 2.05) is 23.1 Å². The fourth-order valence-corrected chi connectivity index (χ4v) is 2.72. The van der Waals surface area contributed by atoms with Crippen LogP contribution in [0.1, 0.15) is 5.56 Å². The van der Waals surface area contributed by atoms with Crippen molar-refractivity contribution in [1.29, 1.82) is 0 Å². The van der Waals surface area contributed by atoms with E-state index in [9.17, 15) is 8.78 Å². The lowest BCUT2D eigenvalue weighted by atomic mass is 10.2. The van der Waals surface area contributed by atoms with Gasteiger partial charge >= 0.3 is 0 Å². The van der Waals surface area contributed by atoms with Gasteiger partial charge in [-0.05, 0) is 17.7 Å². The van der Waals surface area contributed by atoms with Crippen LogP contribution in [0, 0.1) is 11.6 Å². The van der Waals surface area contributed by atoms with Crippen LogP contribution in [0.3, 0.4) is 0 Å². The topological polar surface area (TPSA) is 6.48 Å². The molecule has 0 saturated carbocycles. The maximum absolute atomic E-state index is 13.8. The van der Waals surface area contributed by atoms with Gasteiger partial charge in [0.25, 0.3) is 0 Å². The molecule has 1 fully saturated rings. The lowest BCUT2D eigenvalue weighted by Crippen LogP contribution is -2.46. The molecule has 21 heavy (non-hydrogen) atoms. The third-order valence-electron chi connectivity index (χ3n) is 3.87. The van der Waals surface area contributed by atoms with Crippen molar-refractivity contribution in [2.75, 3.05) is 31.1 Å². The summed E-state index contributed by atoms with van der Waals surface area (Å²) in [7, 11) is 0. The molecule has 0 N–H and O–H groups in total. The fourth-order valence-electron chi connectivity index (χ4n) is 2.72. The Hall–Kier alpha value is -1.94. The van der Waals surface area contributed by atoms with Crippen LogP contribution in [0.2, 0.25) is 0 Å². The van der Waals surface area contributed by atoms with Gasteiger partial charge in [-0.2, -0.15) is 0 Å². The lowest BCUT2D eigenvalue weighted by molar-refractivity contribution is 0.249. The Bertz CT molecular complexity index is 593. The standard InChI is InChI=1S/C17H18F2N2/c18-15-6-7-16(19)17(12-15)21-10-8-20(9-11-21)13-14-4-2-1-3-5-14/h1-7,12H,8-11,13H2. The maximum atomic E-state index is 13.8. The summed E-state index contributed by atoms with van der Waals surface area (Å²) in [5.41, 5.74) is 1.65. The maximum Gasteiger partial charge on any atom is 0.146 e. The van der Waals surface area contributed by atoms with E-state index < -0.39 is 5.82 Å². The number of piperazine rings is 1. The Balaban J connectivity index is 1.61. The summed E-state index contributed by atoms with van der Waals surface area (Å²) in [5.74, 6) is -0.744. The van der Waals surface area contributed by atoms with E-state index in [0.29, 0.717) is 18.8 Å². The molecule has 0 atom stereocenters. The van der Waals surface area contributed by atoms with Crippen LogP contribution in [-0.4, -0.2) is 31.1 Å². The summed E-state index contributed by atoms with van der Waals surface area (Å²) in [6.07, 6.45) is 0. The Morgan fingerprint density at radius 3 is 2.29 bits per heavy atom. The predicted octanol–water partition coefficient (Wildman–Crippen LogP) is 3.29. The second kappa shape index (κ2) is 6.22. The van der Waals surface area contributed by atoms with Gasteiger partial charge in [0, 0.05) is 38.8 Å². The molecule has 0 aliphatic carbocycles. The van der Waals surface area contributed by atoms with Crippen molar-refractivity contribution in [1.82, 2.24) is 4.90 Å². The minimum atomic E-state index is -0.391. The van der Waals surface area contributed by atoms with Crippen LogP contribution in [0.4, 0.5) is 14.5 Å². The summed E-state index contributed by atoms with van der Waals surface area (Å²) in [6, 6.07) is 13.9. The smallest absolute Gasteiger partial charge is 0.146 e. The van der Waals surface area contributed by atoms with Crippen LogP contribution in [0.25, 0.3) is 0 Å². The summed E-state index contributed by atoms with van der Waals surface area (Å²) in [4.78, 5) is 4.25. The second-order valence-electron chi connectivity index (χ2n) is 5.34. The normalized spacial score (nSPS) is 16.2. The van der Waals surface area contributed by atoms with E-state index in [1.54, 1.807) is 0 Å². The first-order valence-corrected chi connectivity index (χ1v) is 7.18. The Labute approximate surface area is 123 Å². The zero-order valence-electron chi connectivity index (χ0n) is 11.8. The summed E-state index contributed by atoms with van der Waals surface area (Å²) in [5, 5.41) is 0. The number of halogens is 2. The van der Waals surface area contributed by atoms with Gasteiger partial charge < -0.3 is 4.90 Å². The largest absolute Gasteiger partial charge is 0.367 e. The third-order valence-corrected chi connectivity index (χ3v) is 3.87. The highest BCUT2D eigenvalue weighted by molar-refractivity contribution is 5.48. The van der Waals surface area contributed by atoms with Crippen LogP contribution in [0.5, 0.6) is 0 Å². The molecule has 1 aliphatic rings. The molecule has 4 heteroatoms. The second-order valence-corrected chi connectivity index (χ2v) is 5.34. The van der Waals surface area contributed by atoms with E-state index in [1.165, 1.54) is 17.7 Å². The first kappa shape index (κ1) is 14.0. The highest BCUT2D eigenvalue weighted by atomic mass is 19.1. The van der Waals surface area contributed by atoms with Crippen molar-refractivity contribution >= 4 is 5.69 Å². The molecule has 0 amide bonds. The van der Waals surface area contributed by atoms with Crippen LogP contribution >= 0.6 is 0 Å². The third kappa shape index (κ3) is 3.39. The van der Waals surface area contributed by atoms with Crippen molar-refractivity contribution in [3.8, 4) is 0 Å². The van der Waals surface area contributed by atoms with Gasteiger partial charge in [0.1, 0.15) is 11.6 Å². The van der Waals surface area contributed by atoms with Crippen molar-refractivity contribution < 1.29 is 8.78 Å². The number of anilines is 1. The molecule has 0 bridgehead atoms. The number of hydrogen-bond acceptors (Lipinski definition) is 2. The Morgan fingerprint density at radius 1 is 0.857 bits per heavy atom. The molecule has 3 rings (SSSR count). The summed E-state index contributed by atoms with van der Waals surface area (Å²) >= 11 is 0. The van der Waals surface area contributed by atoms with Crippen LogP contribution in [0.15, 0.2) is 48.5 Å². The van der Waals surface area contributed by atoms with Crippen LogP contribution in [-0.2, 0) is 6.54 Å². The van der Waals surface area contributed by atoms with Crippen molar-refractivity contribution in [3.63, 3.8) is 0 Å². The summed E-state index contributed by atoms with van der Waals surface area (Å²) in [6.45, 7) is 4.04. The van der Waals surface area contributed by atoms with Crippen molar-refractivity contribution in [2.45, 2.75) is 6.54 Å². The lowest BCUT2D eigenvalue weighted by Gasteiger charge is -2.36. The SMILES string of the molecule is Fc1ccc(F)c(N2CCN(Cc3ccccc3)CC2)c1. The molecule has 1 heterocycles. The highest BCUT2D eigenvalue weighted by Crippen LogP contribution is 2.22. The first-order valence-electron chi connectivity index (χ1n) is 7.18. The number of nitrogens with zero attached hydrogens (tertiary/aromatic N) is 2. The molecule has 0 spiro atoms. The quantitative estimate of drug-likeness (QED) is 0.855. The van der Waals surface area contributed by atoms with Gasteiger partial charge in [-0.15, -0.1) is 0 Å². The number of hydrogen-bond donors (Lipinski definition) is 0. The van der Waals surface area contributed by atoms with Gasteiger partial charge in [0.05, 0.1) is 5.69 Å². The summed E-state index contributed by atoms with van der Waals surface area (Å²) < 4.78 is 27.0. The van der Waals surface area contributed by atoms with E-state index >= 15 is 0 Å². The molecule has 2 aromatic rings. The highest BCUT2D eigenvalue weighted by Gasteiger charge is 2.19. The zero-order valence-corrected chi connectivity index (χ0v) is 11.8. The average molecular weight is 288 g/mol. The Morgan fingerprint density at radius 2 is 1.57 bits per heavy atom.